The predicted octanol–water partition coefficient (Wildman–Crippen LogP) is 2.18. The Hall–Kier alpha value is -0.810. The molecule has 5 heteroatoms. The highest BCUT2D eigenvalue weighted by molar-refractivity contribution is 5.80. The lowest BCUT2D eigenvalue weighted by atomic mass is 9.97. The molecule has 0 aromatic carbocycles. The molecule has 5 nitrogen and oxygen atoms in total. The molecule has 0 bridgehead atoms. The van der Waals surface area contributed by atoms with Crippen LogP contribution in [0.5, 0.6) is 0 Å². The molecule has 2 saturated heterocycles. The SMILES string of the molecule is CN=C(NCC(C)(C)N1CCC(OC)CC1)N1CCCC(C)C1. The molecular weight excluding hydrogens is 288 g/mol. The van der Waals surface area contributed by atoms with Crippen molar-refractivity contribution in [3.8, 4) is 0 Å². The lowest BCUT2D eigenvalue weighted by molar-refractivity contribution is 0.00761. The number of aliphatic imine (C=N–C) groups is 1. The molecule has 0 radical (unpaired) electrons. The summed E-state index contributed by atoms with van der Waals surface area (Å²) in [6.07, 6.45) is 5.33. The third-order valence-corrected chi connectivity index (χ3v) is 5.48. The van der Waals surface area contributed by atoms with Crippen LogP contribution in [0.2, 0.25) is 0 Å². The van der Waals surface area contributed by atoms with Crippen molar-refractivity contribution in [2.75, 3.05) is 46.9 Å². The first kappa shape index (κ1) is 18.5. The highest BCUT2D eigenvalue weighted by Gasteiger charge is 2.31. The van der Waals surface area contributed by atoms with E-state index in [1.807, 2.05) is 14.2 Å². The number of hydrogen-bond acceptors (Lipinski definition) is 3. The topological polar surface area (TPSA) is 40.1 Å². The van der Waals surface area contributed by atoms with Crippen LogP contribution in [-0.2, 0) is 4.74 Å². The number of nitrogens with one attached hydrogen (secondary N) is 1. The Kier molecular flexibility index (Phi) is 6.72. The number of guanidine groups is 1. The third-order valence-electron chi connectivity index (χ3n) is 5.48. The monoisotopic (exact) mass is 324 g/mol. The zero-order valence-corrected chi connectivity index (χ0v) is 15.8. The Morgan fingerprint density at radius 2 is 1.91 bits per heavy atom. The van der Waals surface area contributed by atoms with E-state index in [2.05, 4.69) is 40.9 Å². The maximum absolute atomic E-state index is 5.49. The molecule has 0 aromatic rings. The Bertz CT molecular complexity index is 388. The second-order valence-corrected chi connectivity index (χ2v) is 7.83. The van der Waals surface area contributed by atoms with Crippen LogP contribution in [0.25, 0.3) is 0 Å². The second kappa shape index (κ2) is 8.34. The maximum atomic E-state index is 5.49. The molecule has 1 atom stereocenters. The number of piperidine rings is 2. The smallest absolute Gasteiger partial charge is 0.193 e. The van der Waals surface area contributed by atoms with Gasteiger partial charge in [0.1, 0.15) is 0 Å². The van der Waals surface area contributed by atoms with E-state index in [9.17, 15) is 0 Å². The van der Waals surface area contributed by atoms with Gasteiger partial charge in [-0.15, -0.1) is 0 Å². The highest BCUT2D eigenvalue weighted by Crippen LogP contribution is 2.22. The molecule has 2 aliphatic rings. The molecule has 1 unspecified atom stereocenters. The Morgan fingerprint density at radius 3 is 2.48 bits per heavy atom. The van der Waals surface area contributed by atoms with Crippen molar-refractivity contribution in [3.63, 3.8) is 0 Å². The van der Waals surface area contributed by atoms with Crippen LogP contribution in [-0.4, -0.2) is 74.3 Å². The summed E-state index contributed by atoms with van der Waals surface area (Å²) in [6.45, 7) is 12.4. The van der Waals surface area contributed by atoms with Gasteiger partial charge in [-0.3, -0.25) is 9.89 Å². The molecule has 1 N–H and O–H groups in total. The maximum Gasteiger partial charge on any atom is 0.193 e. The summed E-state index contributed by atoms with van der Waals surface area (Å²) < 4.78 is 5.49. The van der Waals surface area contributed by atoms with E-state index in [1.165, 1.54) is 12.8 Å². The van der Waals surface area contributed by atoms with Gasteiger partial charge in [0.05, 0.1) is 6.10 Å². The first-order chi connectivity index (χ1) is 11.0. The van der Waals surface area contributed by atoms with E-state index in [1.54, 1.807) is 0 Å². The minimum atomic E-state index is 0.135. The van der Waals surface area contributed by atoms with E-state index in [0.29, 0.717) is 6.10 Å². The molecule has 134 valence electrons. The first-order valence-corrected chi connectivity index (χ1v) is 9.19. The highest BCUT2D eigenvalue weighted by atomic mass is 16.5. The lowest BCUT2D eigenvalue weighted by Gasteiger charge is -2.43. The predicted molar refractivity (Wildman–Crippen MR) is 97.0 cm³/mol. The molecule has 0 spiro atoms. The van der Waals surface area contributed by atoms with E-state index in [4.69, 9.17) is 4.74 Å². The van der Waals surface area contributed by atoms with Crippen molar-refractivity contribution in [1.29, 1.82) is 0 Å². The summed E-state index contributed by atoms with van der Waals surface area (Å²) in [4.78, 5) is 9.52. The van der Waals surface area contributed by atoms with E-state index in [-0.39, 0.29) is 5.54 Å². The summed E-state index contributed by atoms with van der Waals surface area (Å²) >= 11 is 0. The van der Waals surface area contributed by atoms with Crippen molar-refractivity contribution in [2.24, 2.45) is 10.9 Å². The normalized spacial score (nSPS) is 25.7. The van der Waals surface area contributed by atoms with E-state index >= 15 is 0 Å². The molecule has 0 aliphatic carbocycles. The largest absolute Gasteiger partial charge is 0.381 e. The average Bonchev–Trinajstić information content (AvgIpc) is 2.55. The van der Waals surface area contributed by atoms with Gasteiger partial charge >= 0.3 is 0 Å². The van der Waals surface area contributed by atoms with E-state index in [0.717, 1.165) is 57.4 Å². The fourth-order valence-corrected chi connectivity index (χ4v) is 3.82. The van der Waals surface area contributed by atoms with Gasteiger partial charge in [-0.1, -0.05) is 6.92 Å². The fraction of sp³-hybridized carbons (Fsp3) is 0.944. The van der Waals surface area contributed by atoms with Gasteiger partial charge in [0.2, 0.25) is 0 Å². The quantitative estimate of drug-likeness (QED) is 0.636. The summed E-state index contributed by atoms with van der Waals surface area (Å²) in [5, 5.41) is 3.63. The van der Waals surface area contributed by atoms with Crippen LogP contribution in [0.4, 0.5) is 0 Å². The molecule has 0 amide bonds. The number of rotatable bonds is 4. The molecule has 2 fully saturated rings. The minimum absolute atomic E-state index is 0.135. The number of hydrogen-bond donors (Lipinski definition) is 1. The van der Waals surface area contributed by atoms with Crippen molar-refractivity contribution in [3.05, 3.63) is 0 Å². The van der Waals surface area contributed by atoms with Gasteiger partial charge in [-0.25, -0.2) is 0 Å². The van der Waals surface area contributed by atoms with Crippen LogP contribution in [0, 0.1) is 5.92 Å². The summed E-state index contributed by atoms with van der Waals surface area (Å²) in [7, 11) is 3.73. The fourth-order valence-electron chi connectivity index (χ4n) is 3.82. The van der Waals surface area contributed by atoms with Crippen LogP contribution < -0.4 is 5.32 Å². The van der Waals surface area contributed by atoms with Gasteiger partial charge in [0.25, 0.3) is 0 Å². The molecule has 2 aliphatic heterocycles. The number of ether oxygens (including phenoxy) is 1. The summed E-state index contributed by atoms with van der Waals surface area (Å²) in [5.41, 5.74) is 0.135. The van der Waals surface area contributed by atoms with Crippen LogP contribution in [0.3, 0.4) is 0 Å². The number of nitrogens with zero attached hydrogens (tertiary/aromatic N) is 3. The van der Waals surface area contributed by atoms with Crippen LogP contribution in [0.1, 0.15) is 46.5 Å². The lowest BCUT2D eigenvalue weighted by Crippen LogP contribution is -2.57. The van der Waals surface area contributed by atoms with Gasteiger partial charge in [-0.2, -0.15) is 0 Å². The van der Waals surface area contributed by atoms with Crippen LogP contribution >= 0.6 is 0 Å². The number of likely N-dealkylation sites (tertiary alicyclic amines) is 2. The minimum Gasteiger partial charge on any atom is -0.381 e. The van der Waals surface area contributed by atoms with Crippen molar-refractivity contribution in [2.45, 2.75) is 58.1 Å². The Balaban J connectivity index is 1.85. The van der Waals surface area contributed by atoms with Gasteiger partial charge in [-0.05, 0) is 45.4 Å². The van der Waals surface area contributed by atoms with E-state index < -0.39 is 0 Å². The van der Waals surface area contributed by atoms with Gasteiger partial charge in [0, 0.05) is 52.4 Å². The van der Waals surface area contributed by atoms with Gasteiger partial charge < -0.3 is 15.0 Å². The molecule has 0 aromatic heterocycles. The standard InChI is InChI=1S/C18H36N4O/c1-15-7-6-10-21(13-15)17(19-4)20-14-18(2,3)22-11-8-16(23-5)9-12-22/h15-16H,6-14H2,1-5H3,(H,19,20). The molecule has 2 heterocycles. The molecule has 0 saturated carbocycles. The van der Waals surface area contributed by atoms with Crippen molar-refractivity contribution >= 4 is 5.96 Å². The Labute approximate surface area is 142 Å². The summed E-state index contributed by atoms with van der Waals surface area (Å²) in [6, 6.07) is 0. The zero-order valence-electron chi connectivity index (χ0n) is 15.8. The average molecular weight is 325 g/mol. The van der Waals surface area contributed by atoms with Gasteiger partial charge in [0.15, 0.2) is 5.96 Å². The summed E-state index contributed by atoms with van der Waals surface area (Å²) in [5.74, 6) is 1.83. The molecular formula is C18H36N4O. The number of methoxy groups -OCH3 is 1. The van der Waals surface area contributed by atoms with Crippen molar-refractivity contribution in [1.82, 2.24) is 15.1 Å². The van der Waals surface area contributed by atoms with Crippen LogP contribution in [0.15, 0.2) is 4.99 Å². The van der Waals surface area contributed by atoms with Crippen molar-refractivity contribution < 1.29 is 4.74 Å². The molecule has 23 heavy (non-hydrogen) atoms. The third kappa shape index (κ3) is 5.08. The second-order valence-electron chi connectivity index (χ2n) is 7.83. The zero-order chi connectivity index (χ0) is 16.9. The molecule has 2 rings (SSSR count). The first-order valence-electron chi connectivity index (χ1n) is 9.19. The Morgan fingerprint density at radius 1 is 1.22 bits per heavy atom.